The van der Waals surface area contributed by atoms with E-state index < -0.39 is 5.97 Å². The van der Waals surface area contributed by atoms with Crippen molar-refractivity contribution in [2.75, 3.05) is 13.1 Å². The van der Waals surface area contributed by atoms with Crippen LogP contribution in [0.4, 0.5) is 0 Å². The van der Waals surface area contributed by atoms with E-state index in [1.54, 1.807) is 4.68 Å². The van der Waals surface area contributed by atoms with Crippen LogP contribution in [-0.2, 0) is 17.9 Å². The first-order chi connectivity index (χ1) is 9.19. The maximum absolute atomic E-state index is 10.9. The molecule has 7 heteroatoms. The molecule has 0 unspecified atom stereocenters. The smallest absolute Gasteiger partial charge is 0.317 e. The molecule has 1 aromatic rings. The summed E-state index contributed by atoms with van der Waals surface area (Å²) >= 11 is 0. The van der Waals surface area contributed by atoms with E-state index in [0.717, 1.165) is 31.8 Å². The number of hydrogen-bond donors (Lipinski definition) is 1. The van der Waals surface area contributed by atoms with Gasteiger partial charge in [-0.3, -0.25) is 9.69 Å². The number of aryl methyl sites for hydroxylation is 1. The van der Waals surface area contributed by atoms with Crippen LogP contribution in [0, 0.1) is 5.92 Å². The van der Waals surface area contributed by atoms with E-state index in [0.29, 0.717) is 12.5 Å². The van der Waals surface area contributed by atoms with E-state index >= 15 is 0 Å². The summed E-state index contributed by atoms with van der Waals surface area (Å²) in [7, 11) is 0. The van der Waals surface area contributed by atoms with Crippen LogP contribution in [-0.4, -0.2) is 49.3 Å². The van der Waals surface area contributed by atoms with E-state index in [2.05, 4.69) is 22.4 Å². The number of carbonyl (C=O) groups is 1. The van der Waals surface area contributed by atoms with Crippen molar-refractivity contribution in [3.05, 3.63) is 5.82 Å². The van der Waals surface area contributed by atoms with Crippen LogP contribution in [0.5, 0.6) is 0 Å². The minimum atomic E-state index is -0.798. The fraction of sp³-hybridized carbons (Fsp3) is 0.833. The van der Waals surface area contributed by atoms with E-state index in [1.807, 2.05) is 4.90 Å². The highest BCUT2D eigenvalue weighted by atomic mass is 16.4. The summed E-state index contributed by atoms with van der Waals surface area (Å²) in [6.07, 6.45) is 4.52. The van der Waals surface area contributed by atoms with Crippen LogP contribution in [0.15, 0.2) is 0 Å². The van der Waals surface area contributed by atoms with Gasteiger partial charge in [-0.05, 0) is 35.6 Å². The number of unbranched alkanes of at least 4 members (excludes halogenated alkanes) is 1. The second kappa shape index (κ2) is 6.60. The molecule has 0 atom stereocenters. The minimum Gasteiger partial charge on any atom is -0.480 e. The highest BCUT2D eigenvalue weighted by Crippen LogP contribution is 2.29. The molecule has 0 aliphatic heterocycles. The molecule has 1 aliphatic rings. The van der Waals surface area contributed by atoms with Gasteiger partial charge in [0.05, 0.1) is 13.1 Å². The third-order valence-electron chi connectivity index (χ3n) is 3.27. The zero-order chi connectivity index (χ0) is 13.7. The van der Waals surface area contributed by atoms with Crippen LogP contribution in [0.1, 0.15) is 38.4 Å². The molecule has 0 amide bonds. The van der Waals surface area contributed by atoms with Gasteiger partial charge in [-0.15, -0.1) is 5.10 Å². The Morgan fingerprint density at radius 3 is 2.95 bits per heavy atom. The van der Waals surface area contributed by atoms with Gasteiger partial charge in [-0.2, -0.15) is 0 Å². The zero-order valence-corrected chi connectivity index (χ0v) is 11.3. The van der Waals surface area contributed by atoms with Gasteiger partial charge in [-0.25, -0.2) is 4.68 Å². The third-order valence-corrected chi connectivity index (χ3v) is 3.27. The molecule has 1 aromatic heterocycles. The minimum absolute atomic E-state index is 0.0527. The monoisotopic (exact) mass is 267 g/mol. The summed E-state index contributed by atoms with van der Waals surface area (Å²) in [6.45, 7) is 4.31. The lowest BCUT2D eigenvalue weighted by molar-refractivity contribution is -0.138. The van der Waals surface area contributed by atoms with Crippen LogP contribution in [0.3, 0.4) is 0 Å². The quantitative estimate of drug-likeness (QED) is 0.711. The van der Waals surface area contributed by atoms with Crippen molar-refractivity contribution in [1.29, 1.82) is 0 Å². The fourth-order valence-electron chi connectivity index (χ4n) is 2.06. The molecule has 7 nitrogen and oxygen atoms in total. The second-order valence-corrected chi connectivity index (χ2v) is 5.18. The molecular formula is C12H21N5O2. The normalized spacial score (nSPS) is 15.1. The molecule has 1 N–H and O–H groups in total. The van der Waals surface area contributed by atoms with Gasteiger partial charge in [-0.1, -0.05) is 13.3 Å². The van der Waals surface area contributed by atoms with E-state index in [9.17, 15) is 4.79 Å². The first kappa shape index (κ1) is 13.9. The molecule has 0 spiro atoms. The molecule has 0 radical (unpaired) electrons. The van der Waals surface area contributed by atoms with Crippen molar-refractivity contribution < 1.29 is 9.90 Å². The predicted octanol–water partition coefficient (Wildman–Crippen LogP) is 0.770. The summed E-state index contributed by atoms with van der Waals surface area (Å²) in [5.41, 5.74) is 0. The molecule has 19 heavy (non-hydrogen) atoms. The van der Waals surface area contributed by atoms with Crippen molar-refractivity contribution in [2.45, 2.75) is 45.7 Å². The first-order valence-electron chi connectivity index (χ1n) is 6.88. The lowest BCUT2D eigenvalue weighted by Gasteiger charge is -2.19. The summed E-state index contributed by atoms with van der Waals surface area (Å²) in [6, 6.07) is 0. The topological polar surface area (TPSA) is 84.1 Å². The Balaban J connectivity index is 1.94. The summed E-state index contributed by atoms with van der Waals surface area (Å²) in [4.78, 5) is 12.8. The number of carboxylic acid groups (broad SMARTS) is 1. The number of rotatable bonds is 9. The Labute approximate surface area is 112 Å². The fourth-order valence-corrected chi connectivity index (χ4v) is 2.06. The van der Waals surface area contributed by atoms with Gasteiger partial charge in [0.1, 0.15) is 0 Å². The summed E-state index contributed by atoms with van der Waals surface area (Å²) < 4.78 is 1.78. The number of hydrogen-bond acceptors (Lipinski definition) is 5. The summed E-state index contributed by atoms with van der Waals surface area (Å²) in [5, 5.41) is 20.6. The van der Waals surface area contributed by atoms with Crippen molar-refractivity contribution in [2.24, 2.45) is 5.92 Å². The molecule has 1 heterocycles. The van der Waals surface area contributed by atoms with Gasteiger partial charge >= 0.3 is 5.97 Å². The molecule has 0 bridgehead atoms. The molecule has 2 rings (SSSR count). The molecule has 1 fully saturated rings. The van der Waals surface area contributed by atoms with Gasteiger partial charge in [0, 0.05) is 13.1 Å². The molecular weight excluding hydrogens is 246 g/mol. The van der Waals surface area contributed by atoms with E-state index in [-0.39, 0.29) is 6.54 Å². The van der Waals surface area contributed by atoms with E-state index in [4.69, 9.17) is 5.11 Å². The molecule has 0 aromatic carbocycles. The Morgan fingerprint density at radius 1 is 1.53 bits per heavy atom. The maximum atomic E-state index is 10.9. The summed E-state index contributed by atoms with van der Waals surface area (Å²) in [5.74, 6) is 0.614. The van der Waals surface area contributed by atoms with Gasteiger partial charge in [0.15, 0.2) is 5.82 Å². The Bertz CT molecular complexity index is 416. The SMILES string of the molecule is CCCCn1nnnc1CN(CC(=O)O)CC1CC1. The number of nitrogens with zero attached hydrogens (tertiary/aromatic N) is 5. The van der Waals surface area contributed by atoms with Crippen molar-refractivity contribution >= 4 is 5.97 Å². The highest BCUT2D eigenvalue weighted by molar-refractivity contribution is 5.69. The molecule has 106 valence electrons. The standard InChI is InChI=1S/C12H21N5O2/c1-2-3-6-17-11(13-14-15-17)8-16(9-12(18)19)7-10-4-5-10/h10H,2-9H2,1H3,(H,18,19). The maximum Gasteiger partial charge on any atom is 0.317 e. The second-order valence-electron chi connectivity index (χ2n) is 5.18. The average Bonchev–Trinajstić information content (AvgIpc) is 3.05. The van der Waals surface area contributed by atoms with Crippen LogP contribution in [0.2, 0.25) is 0 Å². The number of aromatic nitrogens is 4. The number of carboxylic acids is 1. The third kappa shape index (κ3) is 4.59. The average molecular weight is 267 g/mol. The van der Waals surface area contributed by atoms with Crippen molar-refractivity contribution in [3.8, 4) is 0 Å². The number of tetrazole rings is 1. The highest BCUT2D eigenvalue weighted by Gasteiger charge is 2.26. The predicted molar refractivity (Wildman–Crippen MR) is 68.4 cm³/mol. The van der Waals surface area contributed by atoms with Gasteiger partial charge in [0.2, 0.25) is 0 Å². The van der Waals surface area contributed by atoms with E-state index in [1.165, 1.54) is 12.8 Å². The largest absolute Gasteiger partial charge is 0.480 e. The lowest BCUT2D eigenvalue weighted by atomic mass is 10.3. The van der Waals surface area contributed by atoms with Gasteiger partial charge in [0.25, 0.3) is 0 Å². The Hall–Kier alpha value is -1.50. The molecule has 1 aliphatic carbocycles. The van der Waals surface area contributed by atoms with Crippen molar-refractivity contribution in [1.82, 2.24) is 25.1 Å². The van der Waals surface area contributed by atoms with Crippen LogP contribution < -0.4 is 0 Å². The van der Waals surface area contributed by atoms with Crippen LogP contribution >= 0.6 is 0 Å². The molecule has 1 saturated carbocycles. The zero-order valence-electron chi connectivity index (χ0n) is 11.3. The molecule has 0 saturated heterocycles. The lowest BCUT2D eigenvalue weighted by Crippen LogP contribution is -2.32. The van der Waals surface area contributed by atoms with Crippen LogP contribution in [0.25, 0.3) is 0 Å². The van der Waals surface area contributed by atoms with Gasteiger partial charge < -0.3 is 5.11 Å². The Morgan fingerprint density at radius 2 is 2.32 bits per heavy atom. The Kier molecular flexibility index (Phi) is 4.84. The van der Waals surface area contributed by atoms with Crippen molar-refractivity contribution in [3.63, 3.8) is 0 Å². The first-order valence-corrected chi connectivity index (χ1v) is 6.88. The number of aliphatic carboxylic acids is 1.